The van der Waals surface area contributed by atoms with E-state index in [-0.39, 0.29) is 18.1 Å². The third-order valence-electron chi connectivity index (χ3n) is 2.46. The molecule has 10 heavy (non-hydrogen) atoms. The van der Waals surface area contributed by atoms with E-state index in [1.807, 2.05) is 0 Å². The predicted molar refractivity (Wildman–Crippen MR) is 40.5 cm³/mol. The van der Waals surface area contributed by atoms with Crippen molar-refractivity contribution in [1.82, 2.24) is 0 Å². The SMILES string of the molecule is CCCC(CF)C1(N)CC1. The van der Waals surface area contributed by atoms with Crippen LogP contribution in [0.25, 0.3) is 0 Å². The van der Waals surface area contributed by atoms with Gasteiger partial charge in [0, 0.05) is 11.5 Å². The molecule has 1 aliphatic rings. The molecule has 1 aliphatic carbocycles. The van der Waals surface area contributed by atoms with E-state index in [0.29, 0.717) is 0 Å². The summed E-state index contributed by atoms with van der Waals surface area (Å²) in [6, 6.07) is 0. The summed E-state index contributed by atoms with van der Waals surface area (Å²) in [5.74, 6) is 0.137. The van der Waals surface area contributed by atoms with Gasteiger partial charge >= 0.3 is 0 Å². The van der Waals surface area contributed by atoms with Crippen LogP contribution in [0.2, 0.25) is 0 Å². The summed E-state index contributed by atoms with van der Waals surface area (Å²) in [6.45, 7) is 1.85. The van der Waals surface area contributed by atoms with Crippen LogP contribution in [0.4, 0.5) is 4.39 Å². The van der Waals surface area contributed by atoms with Crippen molar-refractivity contribution in [3.05, 3.63) is 0 Å². The normalized spacial score (nSPS) is 24.3. The van der Waals surface area contributed by atoms with Crippen LogP contribution in [0.3, 0.4) is 0 Å². The summed E-state index contributed by atoms with van der Waals surface area (Å²) in [5, 5.41) is 0. The molecule has 60 valence electrons. The molecule has 0 aromatic rings. The summed E-state index contributed by atoms with van der Waals surface area (Å²) in [4.78, 5) is 0. The van der Waals surface area contributed by atoms with Gasteiger partial charge in [0.1, 0.15) is 0 Å². The second-order valence-corrected chi connectivity index (χ2v) is 3.37. The van der Waals surface area contributed by atoms with E-state index in [2.05, 4.69) is 6.92 Å². The van der Waals surface area contributed by atoms with Crippen molar-refractivity contribution in [2.24, 2.45) is 11.7 Å². The molecule has 0 radical (unpaired) electrons. The summed E-state index contributed by atoms with van der Waals surface area (Å²) >= 11 is 0. The van der Waals surface area contributed by atoms with E-state index < -0.39 is 0 Å². The minimum absolute atomic E-state index is 0.106. The Hall–Kier alpha value is -0.110. The monoisotopic (exact) mass is 145 g/mol. The van der Waals surface area contributed by atoms with E-state index in [4.69, 9.17) is 5.73 Å². The standard InChI is InChI=1S/C8H16FN/c1-2-3-7(6-9)8(10)4-5-8/h7H,2-6,10H2,1H3. The van der Waals surface area contributed by atoms with Crippen molar-refractivity contribution in [2.45, 2.75) is 38.1 Å². The Morgan fingerprint density at radius 1 is 1.60 bits per heavy atom. The van der Waals surface area contributed by atoms with Crippen LogP contribution in [0.15, 0.2) is 0 Å². The lowest BCUT2D eigenvalue weighted by molar-refractivity contribution is 0.283. The molecule has 2 N–H and O–H groups in total. The minimum atomic E-state index is -0.232. The highest BCUT2D eigenvalue weighted by atomic mass is 19.1. The Kier molecular flexibility index (Phi) is 2.29. The van der Waals surface area contributed by atoms with Gasteiger partial charge < -0.3 is 5.73 Å². The van der Waals surface area contributed by atoms with Crippen LogP contribution in [-0.2, 0) is 0 Å². The van der Waals surface area contributed by atoms with Gasteiger partial charge in [0.15, 0.2) is 0 Å². The molecule has 0 heterocycles. The largest absolute Gasteiger partial charge is 0.325 e. The van der Waals surface area contributed by atoms with Gasteiger partial charge in [0.05, 0.1) is 6.67 Å². The van der Waals surface area contributed by atoms with Gasteiger partial charge in [-0.3, -0.25) is 4.39 Å². The van der Waals surface area contributed by atoms with Gasteiger partial charge in [-0.1, -0.05) is 13.3 Å². The second-order valence-electron chi connectivity index (χ2n) is 3.37. The molecule has 1 unspecified atom stereocenters. The number of hydrogen-bond donors (Lipinski definition) is 1. The molecule has 1 saturated carbocycles. The summed E-state index contributed by atoms with van der Waals surface area (Å²) in [6.07, 6.45) is 4.06. The van der Waals surface area contributed by atoms with Crippen molar-refractivity contribution in [3.8, 4) is 0 Å². The maximum absolute atomic E-state index is 12.3. The molecule has 1 atom stereocenters. The van der Waals surface area contributed by atoms with Crippen molar-refractivity contribution in [3.63, 3.8) is 0 Å². The molecule has 0 aromatic heterocycles. The first-order valence-electron chi connectivity index (χ1n) is 4.08. The van der Waals surface area contributed by atoms with E-state index in [9.17, 15) is 4.39 Å². The first-order chi connectivity index (χ1) is 4.73. The minimum Gasteiger partial charge on any atom is -0.325 e. The summed E-state index contributed by atoms with van der Waals surface area (Å²) < 4.78 is 12.3. The Labute approximate surface area is 61.8 Å². The Bertz CT molecular complexity index is 110. The van der Waals surface area contributed by atoms with Crippen molar-refractivity contribution in [2.75, 3.05) is 6.67 Å². The molecule has 1 nitrogen and oxygen atoms in total. The third kappa shape index (κ3) is 1.48. The smallest absolute Gasteiger partial charge is 0.0940 e. The topological polar surface area (TPSA) is 26.0 Å². The highest BCUT2D eigenvalue weighted by molar-refractivity contribution is 5.03. The zero-order chi connectivity index (χ0) is 7.61. The Balaban J connectivity index is 2.33. The van der Waals surface area contributed by atoms with Crippen LogP contribution in [0.1, 0.15) is 32.6 Å². The van der Waals surface area contributed by atoms with Crippen molar-refractivity contribution in [1.29, 1.82) is 0 Å². The summed E-state index contributed by atoms with van der Waals surface area (Å²) in [7, 11) is 0. The molecule has 0 amide bonds. The van der Waals surface area contributed by atoms with Gasteiger partial charge in [-0.2, -0.15) is 0 Å². The summed E-state index contributed by atoms with van der Waals surface area (Å²) in [5.41, 5.74) is 5.74. The highest BCUT2D eigenvalue weighted by Gasteiger charge is 2.44. The predicted octanol–water partition coefficient (Wildman–Crippen LogP) is 1.86. The maximum Gasteiger partial charge on any atom is 0.0940 e. The van der Waals surface area contributed by atoms with Gasteiger partial charge in [-0.25, -0.2) is 0 Å². The molecular weight excluding hydrogens is 129 g/mol. The lowest BCUT2D eigenvalue weighted by atomic mass is 9.95. The molecule has 2 heteroatoms. The molecule has 0 aromatic carbocycles. The van der Waals surface area contributed by atoms with Gasteiger partial charge in [0.25, 0.3) is 0 Å². The first kappa shape index (κ1) is 7.99. The first-order valence-corrected chi connectivity index (χ1v) is 4.08. The Morgan fingerprint density at radius 3 is 2.50 bits per heavy atom. The average Bonchev–Trinajstić information content (AvgIpc) is 2.64. The zero-order valence-electron chi connectivity index (χ0n) is 6.57. The number of rotatable bonds is 4. The molecular formula is C8H16FN. The lowest BCUT2D eigenvalue weighted by Gasteiger charge is -2.18. The highest BCUT2D eigenvalue weighted by Crippen LogP contribution is 2.41. The molecule has 0 saturated heterocycles. The molecule has 1 fully saturated rings. The maximum atomic E-state index is 12.3. The van der Waals surface area contributed by atoms with Gasteiger partial charge in [-0.15, -0.1) is 0 Å². The quantitative estimate of drug-likeness (QED) is 0.642. The van der Waals surface area contributed by atoms with Crippen LogP contribution in [0, 0.1) is 5.92 Å². The fraction of sp³-hybridized carbons (Fsp3) is 1.00. The van der Waals surface area contributed by atoms with Crippen LogP contribution < -0.4 is 5.73 Å². The van der Waals surface area contributed by atoms with Crippen molar-refractivity contribution >= 4 is 0 Å². The van der Waals surface area contributed by atoms with Gasteiger partial charge in [-0.05, 0) is 19.3 Å². The van der Waals surface area contributed by atoms with Crippen molar-refractivity contribution < 1.29 is 4.39 Å². The lowest BCUT2D eigenvalue weighted by Crippen LogP contribution is -2.33. The van der Waals surface area contributed by atoms with E-state index in [0.717, 1.165) is 25.7 Å². The molecule has 0 bridgehead atoms. The Morgan fingerprint density at radius 2 is 2.20 bits per heavy atom. The van der Waals surface area contributed by atoms with Crippen LogP contribution >= 0.6 is 0 Å². The third-order valence-corrected chi connectivity index (χ3v) is 2.46. The molecule has 0 aliphatic heterocycles. The fourth-order valence-electron chi connectivity index (χ4n) is 1.42. The van der Waals surface area contributed by atoms with E-state index >= 15 is 0 Å². The fourth-order valence-corrected chi connectivity index (χ4v) is 1.42. The van der Waals surface area contributed by atoms with E-state index in [1.54, 1.807) is 0 Å². The second kappa shape index (κ2) is 2.87. The molecule has 1 rings (SSSR count). The zero-order valence-corrected chi connectivity index (χ0v) is 6.57. The number of alkyl halides is 1. The number of halogens is 1. The number of nitrogens with two attached hydrogens (primary N) is 1. The van der Waals surface area contributed by atoms with Crippen LogP contribution in [-0.4, -0.2) is 12.2 Å². The molecule has 0 spiro atoms. The van der Waals surface area contributed by atoms with E-state index in [1.165, 1.54) is 0 Å². The number of hydrogen-bond acceptors (Lipinski definition) is 1. The van der Waals surface area contributed by atoms with Gasteiger partial charge in [0.2, 0.25) is 0 Å². The van der Waals surface area contributed by atoms with Crippen LogP contribution in [0.5, 0.6) is 0 Å². The average molecular weight is 145 g/mol.